The molecule has 34 heavy (non-hydrogen) atoms. The summed E-state index contributed by atoms with van der Waals surface area (Å²) >= 11 is 0. The van der Waals surface area contributed by atoms with E-state index in [-0.39, 0.29) is 11.9 Å². The number of hydrogen-bond donors (Lipinski definition) is 0. The summed E-state index contributed by atoms with van der Waals surface area (Å²) in [5.41, 5.74) is 6.30. The molecule has 2 aromatic heterocycles. The Balaban J connectivity index is 1.65. The van der Waals surface area contributed by atoms with Crippen molar-refractivity contribution in [2.45, 2.75) is 25.6 Å². The summed E-state index contributed by atoms with van der Waals surface area (Å²) in [5.74, 6) is -0.0953. The third-order valence-electron chi connectivity index (χ3n) is 6.21. The van der Waals surface area contributed by atoms with Gasteiger partial charge in [0.05, 0.1) is 36.5 Å². The van der Waals surface area contributed by atoms with Gasteiger partial charge in [-0.15, -0.1) is 0 Å². The van der Waals surface area contributed by atoms with Gasteiger partial charge in [0.2, 0.25) is 5.91 Å². The highest BCUT2D eigenvalue weighted by molar-refractivity contribution is 5.88. The van der Waals surface area contributed by atoms with E-state index in [1.807, 2.05) is 58.1 Å². The maximum Gasteiger partial charge on any atom is 0.246 e. The second kappa shape index (κ2) is 9.16. The van der Waals surface area contributed by atoms with Gasteiger partial charge >= 0.3 is 0 Å². The van der Waals surface area contributed by atoms with E-state index in [0.717, 1.165) is 34.5 Å². The number of aromatic nitrogens is 3. The standard InChI is InChI=1S/C28H23N5O/c1-2-26(34)32-19-25-27(22-11-13-30-14-12-22)28(23-10-6-9-21(15-23)17-29)31-33(25)18-24(32)16-20-7-4-3-5-8-20/h2-15,24H,1,16,18-19H2/t24-/m1/s1. The lowest BCUT2D eigenvalue weighted by molar-refractivity contribution is -0.130. The first-order chi connectivity index (χ1) is 16.7. The first-order valence-electron chi connectivity index (χ1n) is 11.2. The number of benzene rings is 2. The minimum Gasteiger partial charge on any atom is -0.328 e. The van der Waals surface area contributed by atoms with Crippen LogP contribution in [-0.4, -0.2) is 31.6 Å². The van der Waals surface area contributed by atoms with Gasteiger partial charge in [0.25, 0.3) is 0 Å². The smallest absolute Gasteiger partial charge is 0.246 e. The van der Waals surface area contributed by atoms with Crippen molar-refractivity contribution >= 4 is 5.91 Å². The summed E-state index contributed by atoms with van der Waals surface area (Å²) in [6.45, 7) is 4.72. The third kappa shape index (κ3) is 4.00. The van der Waals surface area contributed by atoms with Crippen LogP contribution in [0.1, 0.15) is 16.8 Å². The van der Waals surface area contributed by atoms with Gasteiger partial charge in [0.15, 0.2) is 0 Å². The fourth-order valence-corrected chi connectivity index (χ4v) is 4.59. The summed E-state index contributed by atoms with van der Waals surface area (Å²) in [7, 11) is 0. The summed E-state index contributed by atoms with van der Waals surface area (Å²) in [5, 5.41) is 14.4. The zero-order chi connectivity index (χ0) is 23.5. The second-order valence-electron chi connectivity index (χ2n) is 8.29. The predicted octanol–water partition coefficient (Wildman–Crippen LogP) is 4.62. The highest BCUT2D eigenvalue weighted by Crippen LogP contribution is 2.37. The molecule has 2 aromatic carbocycles. The normalized spacial score (nSPS) is 14.8. The van der Waals surface area contributed by atoms with Crippen LogP contribution in [0.3, 0.4) is 0 Å². The molecule has 3 heterocycles. The minimum atomic E-state index is -0.0953. The van der Waals surface area contributed by atoms with Gasteiger partial charge in [-0.25, -0.2) is 0 Å². The first kappa shape index (κ1) is 21.4. The van der Waals surface area contributed by atoms with Gasteiger partial charge in [-0.3, -0.25) is 14.5 Å². The van der Waals surface area contributed by atoms with E-state index in [0.29, 0.717) is 18.7 Å². The summed E-state index contributed by atoms with van der Waals surface area (Å²) in [6, 6.07) is 23.7. The first-order valence-corrected chi connectivity index (χ1v) is 11.2. The Morgan fingerprint density at radius 2 is 1.88 bits per heavy atom. The van der Waals surface area contributed by atoms with Gasteiger partial charge in [0.1, 0.15) is 5.69 Å². The zero-order valence-corrected chi connectivity index (χ0v) is 18.6. The molecule has 1 aliphatic rings. The number of fused-ring (bicyclic) bond motifs is 1. The van der Waals surface area contributed by atoms with Crippen molar-refractivity contribution in [2.75, 3.05) is 0 Å². The maximum atomic E-state index is 12.9. The van der Waals surface area contributed by atoms with Crippen LogP contribution >= 0.6 is 0 Å². The molecule has 0 unspecified atom stereocenters. The van der Waals surface area contributed by atoms with Crippen LogP contribution in [0.5, 0.6) is 0 Å². The monoisotopic (exact) mass is 445 g/mol. The number of rotatable bonds is 5. The number of amides is 1. The third-order valence-corrected chi connectivity index (χ3v) is 6.21. The fourth-order valence-electron chi connectivity index (χ4n) is 4.59. The van der Waals surface area contributed by atoms with Crippen molar-refractivity contribution in [3.63, 3.8) is 0 Å². The summed E-state index contributed by atoms with van der Waals surface area (Å²) < 4.78 is 2.02. The van der Waals surface area contributed by atoms with Crippen LogP contribution in [0.25, 0.3) is 22.4 Å². The van der Waals surface area contributed by atoms with Crippen molar-refractivity contribution in [1.82, 2.24) is 19.7 Å². The van der Waals surface area contributed by atoms with Gasteiger partial charge in [-0.05, 0) is 47.9 Å². The lowest BCUT2D eigenvalue weighted by atomic mass is 9.96. The van der Waals surface area contributed by atoms with Crippen LogP contribution in [0.2, 0.25) is 0 Å². The Labute approximate surface area is 198 Å². The van der Waals surface area contributed by atoms with E-state index in [9.17, 15) is 10.1 Å². The highest BCUT2D eigenvalue weighted by atomic mass is 16.2. The SMILES string of the molecule is C=CC(=O)N1Cc2c(-c3ccncc3)c(-c3cccc(C#N)c3)nn2C[C@H]1Cc1ccccc1. The van der Waals surface area contributed by atoms with E-state index in [2.05, 4.69) is 29.8 Å². The maximum absolute atomic E-state index is 12.9. The van der Waals surface area contributed by atoms with Gasteiger partial charge in [-0.1, -0.05) is 49.0 Å². The molecule has 1 aliphatic heterocycles. The van der Waals surface area contributed by atoms with Gasteiger partial charge in [-0.2, -0.15) is 10.4 Å². The molecular formula is C28H23N5O. The van der Waals surface area contributed by atoms with E-state index in [1.165, 1.54) is 11.6 Å². The molecule has 0 fully saturated rings. The van der Waals surface area contributed by atoms with Crippen LogP contribution in [0.15, 0.2) is 91.8 Å². The molecule has 6 heteroatoms. The van der Waals surface area contributed by atoms with Crippen molar-refractivity contribution < 1.29 is 4.79 Å². The van der Waals surface area contributed by atoms with E-state index in [1.54, 1.807) is 18.5 Å². The lowest BCUT2D eigenvalue weighted by Gasteiger charge is -2.36. The predicted molar refractivity (Wildman–Crippen MR) is 130 cm³/mol. The number of nitrogens with zero attached hydrogens (tertiary/aromatic N) is 5. The minimum absolute atomic E-state index is 0.0520. The number of carbonyl (C=O) groups is 1. The van der Waals surface area contributed by atoms with Crippen molar-refractivity contribution in [3.05, 3.63) is 109 Å². The quantitative estimate of drug-likeness (QED) is 0.420. The second-order valence-corrected chi connectivity index (χ2v) is 8.29. The Morgan fingerprint density at radius 3 is 2.62 bits per heavy atom. The molecule has 0 N–H and O–H groups in total. The molecule has 6 nitrogen and oxygen atoms in total. The number of carbonyl (C=O) groups excluding carboxylic acids is 1. The molecule has 0 saturated heterocycles. The molecule has 5 rings (SSSR count). The highest BCUT2D eigenvalue weighted by Gasteiger charge is 2.33. The average Bonchev–Trinajstić information content (AvgIpc) is 3.27. The van der Waals surface area contributed by atoms with Crippen molar-refractivity contribution in [1.29, 1.82) is 5.26 Å². The number of pyridine rings is 1. The van der Waals surface area contributed by atoms with Gasteiger partial charge < -0.3 is 4.90 Å². The molecule has 166 valence electrons. The van der Waals surface area contributed by atoms with E-state index in [4.69, 9.17) is 5.10 Å². The van der Waals surface area contributed by atoms with E-state index >= 15 is 0 Å². The van der Waals surface area contributed by atoms with Crippen LogP contribution < -0.4 is 0 Å². The van der Waals surface area contributed by atoms with Crippen LogP contribution in [0, 0.1) is 11.3 Å². The molecule has 0 spiro atoms. The Hall–Kier alpha value is -4.50. The molecule has 0 bridgehead atoms. The average molecular weight is 446 g/mol. The van der Waals surface area contributed by atoms with Crippen molar-refractivity contribution in [3.8, 4) is 28.5 Å². The topological polar surface area (TPSA) is 74.8 Å². The Bertz CT molecular complexity index is 1390. The molecule has 0 radical (unpaired) electrons. The van der Waals surface area contributed by atoms with Crippen LogP contribution in [0.4, 0.5) is 0 Å². The van der Waals surface area contributed by atoms with Gasteiger partial charge in [0, 0.05) is 23.5 Å². The molecule has 4 aromatic rings. The molecule has 1 atom stereocenters. The van der Waals surface area contributed by atoms with Crippen molar-refractivity contribution in [2.24, 2.45) is 0 Å². The van der Waals surface area contributed by atoms with E-state index < -0.39 is 0 Å². The zero-order valence-electron chi connectivity index (χ0n) is 18.6. The molecular weight excluding hydrogens is 422 g/mol. The molecule has 0 aliphatic carbocycles. The largest absolute Gasteiger partial charge is 0.328 e. The molecule has 1 amide bonds. The fraction of sp³-hybridized carbons (Fsp3) is 0.143. The van der Waals surface area contributed by atoms with Crippen LogP contribution in [-0.2, 0) is 24.3 Å². The Morgan fingerprint density at radius 1 is 1.09 bits per heavy atom. The summed E-state index contributed by atoms with van der Waals surface area (Å²) in [6.07, 6.45) is 5.61. The molecule has 0 saturated carbocycles. The number of nitriles is 1. The summed E-state index contributed by atoms with van der Waals surface area (Å²) in [4.78, 5) is 19.0. The lowest BCUT2D eigenvalue weighted by Crippen LogP contribution is -2.47. The Kier molecular flexibility index (Phi) is 5.75. The number of hydrogen-bond acceptors (Lipinski definition) is 4.